The van der Waals surface area contributed by atoms with Gasteiger partial charge < -0.3 is 5.32 Å². The zero-order valence-electron chi connectivity index (χ0n) is 13.4. The molecule has 1 aromatic heterocycles. The van der Waals surface area contributed by atoms with Gasteiger partial charge in [0.1, 0.15) is 0 Å². The summed E-state index contributed by atoms with van der Waals surface area (Å²) in [6, 6.07) is 14.1. The number of hydrogen-bond acceptors (Lipinski definition) is 5. The van der Waals surface area contributed by atoms with Crippen LogP contribution < -0.4 is 5.32 Å². The summed E-state index contributed by atoms with van der Waals surface area (Å²) < 4.78 is 25.8. The average molecular weight is 383 g/mol. The van der Waals surface area contributed by atoms with E-state index in [1.54, 1.807) is 12.1 Å². The van der Waals surface area contributed by atoms with Crippen LogP contribution in [-0.2, 0) is 16.4 Å². The van der Waals surface area contributed by atoms with Crippen LogP contribution in [0, 0.1) is 0 Å². The van der Waals surface area contributed by atoms with Crippen LogP contribution in [0.2, 0.25) is 0 Å². The fourth-order valence-electron chi connectivity index (χ4n) is 2.91. The Morgan fingerprint density at radius 3 is 2.50 bits per heavy atom. The topological polar surface area (TPSA) is 80.3 Å². The van der Waals surface area contributed by atoms with Crippen LogP contribution in [0.5, 0.6) is 0 Å². The molecule has 0 fully saturated rings. The van der Waals surface area contributed by atoms with Crippen molar-refractivity contribution in [3.8, 4) is 0 Å². The first kappa shape index (κ1) is 16.7. The minimum Gasteiger partial charge on any atom is -0.347 e. The summed E-state index contributed by atoms with van der Waals surface area (Å²) >= 11 is 1.52. The standard InChI is InChI=1S/C19H13NO4S2/c21-18-14-5-1-2-6-16(14)26(23,24)17-10-12(7-8-15(17)18)19(22)20-11-13-4-3-9-25-13/h1-10H,11H2,(H,20,22). The largest absolute Gasteiger partial charge is 0.347 e. The number of hydrogen-bond donors (Lipinski definition) is 1. The summed E-state index contributed by atoms with van der Waals surface area (Å²) in [5, 5.41) is 4.67. The number of fused-ring (bicyclic) bond motifs is 2. The highest BCUT2D eigenvalue weighted by molar-refractivity contribution is 7.91. The molecule has 130 valence electrons. The zero-order chi connectivity index (χ0) is 18.3. The summed E-state index contributed by atoms with van der Waals surface area (Å²) in [6.45, 7) is 0.363. The van der Waals surface area contributed by atoms with Crippen molar-refractivity contribution in [3.63, 3.8) is 0 Å². The molecule has 26 heavy (non-hydrogen) atoms. The van der Waals surface area contributed by atoms with Gasteiger partial charge in [-0.25, -0.2) is 8.42 Å². The van der Waals surface area contributed by atoms with E-state index in [1.807, 2.05) is 17.5 Å². The van der Waals surface area contributed by atoms with Gasteiger partial charge in [-0.05, 0) is 41.8 Å². The van der Waals surface area contributed by atoms with Crippen molar-refractivity contribution in [3.05, 3.63) is 81.5 Å². The lowest BCUT2D eigenvalue weighted by Gasteiger charge is -2.19. The third kappa shape index (κ3) is 2.65. The highest BCUT2D eigenvalue weighted by Gasteiger charge is 2.34. The van der Waals surface area contributed by atoms with Crippen molar-refractivity contribution in [1.29, 1.82) is 0 Å². The molecule has 1 N–H and O–H groups in total. The van der Waals surface area contributed by atoms with Crippen molar-refractivity contribution in [2.45, 2.75) is 16.3 Å². The molecule has 0 aliphatic carbocycles. The van der Waals surface area contributed by atoms with Gasteiger partial charge in [-0.3, -0.25) is 9.59 Å². The smallest absolute Gasteiger partial charge is 0.251 e. The van der Waals surface area contributed by atoms with Crippen molar-refractivity contribution in [1.82, 2.24) is 5.32 Å². The number of ketones is 1. The van der Waals surface area contributed by atoms with Gasteiger partial charge in [0.25, 0.3) is 5.91 Å². The second-order valence-corrected chi connectivity index (χ2v) is 8.72. The molecule has 0 saturated heterocycles. The number of carbonyl (C=O) groups is 2. The van der Waals surface area contributed by atoms with Gasteiger partial charge in [-0.1, -0.05) is 18.2 Å². The maximum Gasteiger partial charge on any atom is 0.251 e. The molecular weight excluding hydrogens is 370 g/mol. The minimum absolute atomic E-state index is 0.0198. The molecule has 1 amide bonds. The molecule has 7 heteroatoms. The Kier molecular flexibility index (Phi) is 3.97. The monoisotopic (exact) mass is 383 g/mol. The van der Waals surface area contributed by atoms with Crippen molar-refractivity contribution < 1.29 is 18.0 Å². The van der Waals surface area contributed by atoms with E-state index < -0.39 is 9.84 Å². The highest BCUT2D eigenvalue weighted by Crippen LogP contribution is 2.34. The highest BCUT2D eigenvalue weighted by atomic mass is 32.2. The second kappa shape index (κ2) is 6.19. The summed E-state index contributed by atoms with van der Waals surface area (Å²) in [6.07, 6.45) is 0. The Hall–Kier alpha value is -2.77. The van der Waals surface area contributed by atoms with E-state index in [2.05, 4.69) is 5.32 Å². The minimum atomic E-state index is -3.85. The number of rotatable bonds is 3. The molecule has 0 unspecified atom stereocenters. The third-order valence-electron chi connectivity index (χ3n) is 4.20. The molecule has 1 aliphatic rings. The second-order valence-electron chi connectivity index (χ2n) is 5.80. The molecule has 0 saturated carbocycles. The number of nitrogens with one attached hydrogen (secondary N) is 1. The SMILES string of the molecule is O=C(NCc1cccs1)c1ccc2c(c1)S(=O)(=O)c1ccccc1C2=O. The van der Waals surface area contributed by atoms with Crippen LogP contribution in [0.25, 0.3) is 0 Å². The Bertz CT molecular complexity index is 1130. The molecule has 0 radical (unpaired) electrons. The summed E-state index contributed by atoms with van der Waals surface area (Å²) in [7, 11) is -3.85. The molecule has 0 bridgehead atoms. The van der Waals surface area contributed by atoms with E-state index in [0.29, 0.717) is 6.54 Å². The molecule has 2 aromatic carbocycles. The van der Waals surface area contributed by atoms with E-state index in [1.165, 1.54) is 41.7 Å². The fraction of sp³-hybridized carbons (Fsp3) is 0.0526. The lowest BCUT2D eigenvalue weighted by atomic mass is 10.0. The van der Waals surface area contributed by atoms with Gasteiger partial charge in [0.05, 0.1) is 16.3 Å². The molecular formula is C19H13NO4S2. The summed E-state index contributed by atoms with van der Waals surface area (Å²) in [5.74, 6) is -0.737. The van der Waals surface area contributed by atoms with Gasteiger partial charge in [0.2, 0.25) is 9.84 Å². The van der Waals surface area contributed by atoms with Crippen LogP contribution in [0.15, 0.2) is 69.8 Å². The third-order valence-corrected chi connectivity index (χ3v) is 6.93. The van der Waals surface area contributed by atoms with E-state index >= 15 is 0 Å². The van der Waals surface area contributed by atoms with E-state index in [9.17, 15) is 18.0 Å². The number of sulfone groups is 1. The molecule has 4 rings (SSSR count). The Balaban J connectivity index is 1.71. The maximum atomic E-state index is 12.9. The molecule has 3 aromatic rings. The zero-order valence-corrected chi connectivity index (χ0v) is 15.1. The van der Waals surface area contributed by atoms with Crippen LogP contribution >= 0.6 is 11.3 Å². The quantitative estimate of drug-likeness (QED) is 0.590. The van der Waals surface area contributed by atoms with Gasteiger partial charge >= 0.3 is 0 Å². The molecule has 5 nitrogen and oxygen atoms in total. The van der Waals surface area contributed by atoms with Gasteiger partial charge in [0, 0.05) is 21.6 Å². The first-order valence-electron chi connectivity index (χ1n) is 7.82. The maximum absolute atomic E-state index is 12.9. The predicted octanol–water partition coefficient (Wildman–Crippen LogP) is 3.06. The Labute approximate surface area is 154 Å². The number of amides is 1. The van der Waals surface area contributed by atoms with Crippen molar-refractivity contribution in [2.24, 2.45) is 0 Å². The summed E-state index contributed by atoms with van der Waals surface area (Å²) in [4.78, 5) is 25.8. The molecule has 2 heterocycles. The predicted molar refractivity (Wildman–Crippen MR) is 97.3 cm³/mol. The van der Waals surface area contributed by atoms with Gasteiger partial charge in [-0.15, -0.1) is 11.3 Å². The normalized spacial score (nSPS) is 14.4. The molecule has 0 atom stereocenters. The van der Waals surface area contributed by atoms with Crippen LogP contribution in [0.4, 0.5) is 0 Å². The van der Waals surface area contributed by atoms with Gasteiger partial charge in [0.15, 0.2) is 5.78 Å². The van der Waals surface area contributed by atoms with Crippen LogP contribution in [0.3, 0.4) is 0 Å². The first-order chi connectivity index (χ1) is 12.5. The van der Waals surface area contributed by atoms with E-state index in [0.717, 1.165) is 4.88 Å². The number of thiophene rings is 1. The van der Waals surface area contributed by atoms with Crippen LogP contribution in [0.1, 0.15) is 31.2 Å². The lowest BCUT2D eigenvalue weighted by Crippen LogP contribution is -2.24. The summed E-state index contributed by atoms with van der Waals surface area (Å²) in [5.41, 5.74) is 0.462. The van der Waals surface area contributed by atoms with E-state index in [4.69, 9.17) is 0 Å². The van der Waals surface area contributed by atoms with Crippen LogP contribution in [-0.4, -0.2) is 20.1 Å². The fourth-order valence-corrected chi connectivity index (χ4v) is 5.23. The number of benzene rings is 2. The molecule has 1 aliphatic heterocycles. The molecule has 0 spiro atoms. The Morgan fingerprint density at radius 1 is 0.962 bits per heavy atom. The van der Waals surface area contributed by atoms with Crippen molar-refractivity contribution >= 4 is 32.9 Å². The average Bonchev–Trinajstić information content (AvgIpc) is 3.18. The first-order valence-corrected chi connectivity index (χ1v) is 10.2. The van der Waals surface area contributed by atoms with E-state index in [-0.39, 0.29) is 38.2 Å². The number of carbonyl (C=O) groups excluding carboxylic acids is 2. The van der Waals surface area contributed by atoms with Gasteiger partial charge in [-0.2, -0.15) is 0 Å². The van der Waals surface area contributed by atoms with Crippen molar-refractivity contribution in [2.75, 3.05) is 0 Å². The lowest BCUT2D eigenvalue weighted by molar-refractivity contribution is 0.0949. The Morgan fingerprint density at radius 2 is 1.73 bits per heavy atom.